The highest BCUT2D eigenvalue weighted by molar-refractivity contribution is 6.13. The predicted octanol–water partition coefficient (Wildman–Crippen LogP) is 3.26. The maximum Gasteiger partial charge on any atom is 0.518 e. The highest BCUT2D eigenvalue weighted by atomic mass is 16.4. The summed E-state index contributed by atoms with van der Waals surface area (Å²) < 4.78 is -0.394. The molecule has 0 saturated heterocycles. The monoisotopic (exact) mass is 383 g/mol. The number of carboxylic acids is 1. The van der Waals surface area contributed by atoms with Crippen LogP contribution in [0.25, 0.3) is 0 Å². The second kappa shape index (κ2) is 10.2. The van der Waals surface area contributed by atoms with E-state index in [1.165, 1.54) is 0 Å². The molecule has 1 amide bonds. The number of hydrogen-bond acceptors (Lipinski definition) is 4. The van der Waals surface area contributed by atoms with E-state index in [0.717, 1.165) is 6.42 Å². The van der Waals surface area contributed by atoms with Crippen molar-refractivity contribution in [1.82, 2.24) is 4.48 Å². The molecule has 0 radical (unpaired) electrons. The van der Waals surface area contributed by atoms with Crippen LogP contribution in [0.2, 0.25) is 0 Å². The maximum absolute atomic E-state index is 12.5. The smallest absolute Gasteiger partial charge is 0.518 e. The molecule has 0 fully saturated rings. The molecule has 0 aliphatic carbocycles. The van der Waals surface area contributed by atoms with Gasteiger partial charge in [0, 0.05) is 11.6 Å². The highest BCUT2D eigenvalue weighted by Crippen LogP contribution is 2.26. The fourth-order valence-electron chi connectivity index (χ4n) is 2.41. The molecule has 0 aliphatic heterocycles. The zero-order chi connectivity index (χ0) is 21.3. The lowest BCUT2D eigenvalue weighted by Crippen LogP contribution is -2.46. The van der Waals surface area contributed by atoms with E-state index in [4.69, 9.17) is 0 Å². The maximum atomic E-state index is 12.5. The minimum Gasteiger partial charge on any atom is -0.545 e. The van der Waals surface area contributed by atoms with Crippen LogP contribution in [0.5, 0.6) is 0 Å². The number of aliphatic carboxylic acids is 1. The van der Waals surface area contributed by atoms with Gasteiger partial charge in [-0.15, -0.1) is 0 Å². The molecule has 6 nitrogen and oxygen atoms in total. The van der Waals surface area contributed by atoms with E-state index >= 15 is 0 Å². The second-order valence-electron chi connectivity index (χ2n) is 6.59. The van der Waals surface area contributed by atoms with Crippen molar-refractivity contribution < 1.29 is 24.6 Å². The van der Waals surface area contributed by atoms with E-state index in [-0.39, 0.29) is 11.4 Å². The summed E-state index contributed by atoms with van der Waals surface area (Å²) >= 11 is 0. The summed E-state index contributed by atoms with van der Waals surface area (Å²) in [6, 6.07) is 15.7. The van der Waals surface area contributed by atoms with E-state index in [0.29, 0.717) is 23.2 Å². The molecule has 0 saturated carbocycles. The Morgan fingerprint density at radius 3 is 2.00 bits per heavy atom. The Kier molecular flexibility index (Phi) is 8.29. The quantitative estimate of drug-likeness (QED) is 0.469. The van der Waals surface area contributed by atoms with E-state index in [9.17, 15) is 24.6 Å². The van der Waals surface area contributed by atoms with E-state index in [1.54, 1.807) is 62.6 Å². The molecular weight excluding hydrogens is 358 g/mol. The molecule has 6 heteroatoms. The van der Waals surface area contributed by atoms with Crippen LogP contribution in [-0.2, 0) is 4.79 Å². The van der Waals surface area contributed by atoms with Crippen LogP contribution in [0.15, 0.2) is 66.7 Å². The number of rotatable bonds is 6. The van der Waals surface area contributed by atoms with Crippen LogP contribution in [0.4, 0.5) is 10.5 Å². The number of carboxylic acid groups (broad SMARTS) is 2. The molecule has 0 heterocycles. The molecule has 0 atom stereocenters. The van der Waals surface area contributed by atoms with Gasteiger partial charge in [-0.25, -0.2) is 0 Å². The average molecular weight is 383 g/mol. The molecule has 0 aromatic heterocycles. The van der Waals surface area contributed by atoms with Gasteiger partial charge in [-0.2, -0.15) is 9.28 Å². The molecule has 0 bridgehead atoms. The van der Waals surface area contributed by atoms with E-state index < -0.39 is 16.5 Å². The van der Waals surface area contributed by atoms with Crippen LogP contribution in [0.1, 0.15) is 35.7 Å². The summed E-state index contributed by atoms with van der Waals surface area (Å²) in [7, 11) is 3.08. The van der Waals surface area contributed by atoms with Gasteiger partial charge in [0.25, 0.3) is 0 Å². The third-order valence-electron chi connectivity index (χ3n) is 4.11. The number of hydrogen-bond donors (Lipinski definition) is 1. The van der Waals surface area contributed by atoms with Crippen LogP contribution >= 0.6 is 0 Å². The first-order valence-electron chi connectivity index (χ1n) is 8.78. The van der Waals surface area contributed by atoms with Crippen molar-refractivity contribution in [1.29, 1.82) is 0 Å². The molecule has 2 rings (SSSR count). The molecule has 2 aromatic carbocycles. The Morgan fingerprint density at radius 2 is 1.54 bits per heavy atom. The standard InChI is InChI=1S/C16H15NO3.C6H10O2/c1-17(2,16(19)20)14-11-7-6-10-13(14)15(18)12-8-4-3-5-9-12;1-3-4-5(2)6(7)8/h3-11H,1-2H3;2-4H2,1H3,(H,7,8). The fourth-order valence-corrected chi connectivity index (χ4v) is 2.41. The molecule has 0 unspecified atom stereocenters. The zero-order valence-electron chi connectivity index (χ0n) is 16.3. The number of quaternary nitrogens is 1. The second-order valence-corrected chi connectivity index (χ2v) is 6.59. The fraction of sp³-hybridized carbons (Fsp3) is 0.227. The lowest BCUT2D eigenvalue weighted by atomic mass is 10.0. The Hall–Kier alpha value is -3.25. The van der Waals surface area contributed by atoms with Crippen molar-refractivity contribution in [2.45, 2.75) is 19.8 Å². The van der Waals surface area contributed by atoms with Gasteiger partial charge in [0.1, 0.15) is 0 Å². The third kappa shape index (κ3) is 5.89. The molecule has 28 heavy (non-hydrogen) atoms. The molecular formula is C22H25NO5. The Bertz CT molecular complexity index is 856. The number of nitrogens with zero attached hydrogens (tertiary/aromatic N) is 1. The third-order valence-corrected chi connectivity index (χ3v) is 4.11. The molecule has 148 valence electrons. The van der Waals surface area contributed by atoms with Gasteiger partial charge in [-0.1, -0.05) is 62.4 Å². The van der Waals surface area contributed by atoms with Crippen LogP contribution < -0.4 is 9.59 Å². The highest BCUT2D eigenvalue weighted by Gasteiger charge is 2.33. The van der Waals surface area contributed by atoms with Crippen molar-refractivity contribution in [2.75, 3.05) is 14.1 Å². The number of carbonyl (C=O) groups is 3. The number of para-hydroxylation sites is 1. The van der Waals surface area contributed by atoms with Gasteiger partial charge >= 0.3 is 6.09 Å². The Labute approximate surface area is 164 Å². The largest absolute Gasteiger partial charge is 0.545 e. The lowest BCUT2D eigenvalue weighted by molar-refractivity contribution is -0.299. The predicted molar refractivity (Wildman–Crippen MR) is 107 cm³/mol. The van der Waals surface area contributed by atoms with E-state index in [1.807, 2.05) is 13.0 Å². The van der Waals surface area contributed by atoms with Gasteiger partial charge in [0.2, 0.25) is 0 Å². The molecule has 1 N–H and O–H groups in total. The lowest BCUT2D eigenvalue weighted by Gasteiger charge is -2.24. The summed E-state index contributed by atoms with van der Waals surface area (Å²) in [5.74, 6) is -1.31. The van der Waals surface area contributed by atoms with Gasteiger partial charge < -0.3 is 15.0 Å². The van der Waals surface area contributed by atoms with Crippen LogP contribution in [0, 0.1) is 0 Å². The van der Waals surface area contributed by atoms with E-state index in [2.05, 4.69) is 6.58 Å². The summed E-state index contributed by atoms with van der Waals surface area (Å²) in [5.41, 5.74) is 1.61. The molecule has 2 aromatic rings. The van der Waals surface area contributed by atoms with Gasteiger partial charge in [-0.05, 0) is 18.1 Å². The summed E-state index contributed by atoms with van der Waals surface area (Å²) in [5, 5.41) is 19.2. The van der Waals surface area contributed by atoms with Gasteiger partial charge in [0.05, 0.1) is 25.6 Å². The summed E-state index contributed by atoms with van der Waals surface area (Å²) in [6.45, 7) is 5.18. The van der Waals surface area contributed by atoms with Crippen molar-refractivity contribution in [3.8, 4) is 0 Å². The van der Waals surface area contributed by atoms with Crippen molar-refractivity contribution in [3.63, 3.8) is 0 Å². The van der Waals surface area contributed by atoms with Crippen molar-refractivity contribution in [3.05, 3.63) is 77.9 Å². The summed E-state index contributed by atoms with van der Waals surface area (Å²) in [4.78, 5) is 33.8. The SMILES string of the molecule is C=C(CCC)C(=O)[O-].C[N+](C)(C(=O)O)c1ccccc1C(=O)c1ccccc1. The van der Waals surface area contributed by atoms with Gasteiger partial charge in [-0.3, -0.25) is 4.79 Å². The Balaban J connectivity index is 0.000000416. The minimum absolute atomic E-state index is 0.173. The zero-order valence-corrected chi connectivity index (χ0v) is 16.3. The van der Waals surface area contributed by atoms with Crippen molar-refractivity contribution >= 4 is 23.5 Å². The number of benzene rings is 2. The van der Waals surface area contributed by atoms with Crippen LogP contribution in [-0.4, -0.2) is 37.0 Å². The topological polar surface area (TPSA) is 94.5 Å². The molecule has 0 aliphatic rings. The number of carbonyl (C=O) groups excluding carboxylic acids is 2. The number of amides is 1. The normalized spacial score (nSPS) is 10.4. The van der Waals surface area contributed by atoms with Gasteiger partial charge in [0.15, 0.2) is 11.5 Å². The number of ketones is 1. The Morgan fingerprint density at radius 1 is 1.00 bits per heavy atom. The summed E-state index contributed by atoms with van der Waals surface area (Å²) in [6.07, 6.45) is 0.327. The van der Waals surface area contributed by atoms with Crippen LogP contribution in [0.3, 0.4) is 0 Å². The first-order chi connectivity index (χ1) is 13.1. The minimum atomic E-state index is -1.13. The average Bonchev–Trinajstić information content (AvgIpc) is 2.68. The van der Waals surface area contributed by atoms with Crippen molar-refractivity contribution in [2.24, 2.45) is 0 Å². The first kappa shape index (κ1) is 22.8. The first-order valence-corrected chi connectivity index (χ1v) is 8.78. The molecule has 0 spiro atoms.